The van der Waals surface area contributed by atoms with E-state index in [1.807, 2.05) is 4.68 Å². The number of morpholine rings is 1. The fourth-order valence-electron chi connectivity index (χ4n) is 3.01. The zero-order valence-electron chi connectivity index (χ0n) is 12.8. The summed E-state index contributed by atoms with van der Waals surface area (Å²) in [6, 6.07) is 8.34. The summed E-state index contributed by atoms with van der Waals surface area (Å²) in [4.78, 5) is 2.27. The molecule has 2 atom stereocenters. The van der Waals surface area contributed by atoms with Crippen LogP contribution in [0.1, 0.15) is 12.6 Å². The fraction of sp³-hybridized carbons (Fsp3) is 0.562. The number of fused-ring (bicyclic) bond motifs is 1. The molecule has 5 nitrogen and oxygen atoms in total. The quantitative estimate of drug-likeness (QED) is 0.920. The molecule has 1 aromatic heterocycles. The van der Waals surface area contributed by atoms with Gasteiger partial charge in [-0.15, -0.1) is 0 Å². The van der Waals surface area contributed by atoms with Crippen LogP contribution in [0, 0.1) is 0 Å². The first-order chi connectivity index (χ1) is 10.2. The molecule has 2 N–H and O–H groups in total. The minimum Gasteiger partial charge on any atom is -0.374 e. The predicted molar refractivity (Wildman–Crippen MR) is 84.3 cm³/mol. The van der Waals surface area contributed by atoms with Gasteiger partial charge in [0.15, 0.2) is 0 Å². The molecule has 0 amide bonds. The second-order valence-corrected chi connectivity index (χ2v) is 5.82. The molecule has 0 radical (unpaired) electrons. The highest BCUT2D eigenvalue weighted by atomic mass is 16.5. The maximum atomic E-state index is 6.38. The Morgan fingerprint density at radius 3 is 3.00 bits per heavy atom. The molecule has 0 aliphatic carbocycles. The standard InChI is InChI=1S/C16H24N4O/c1-3-20-15-7-5-4-6-12(15)14(18-20)10-13(17)16-11-19(2)8-9-21-16/h4-7,13,16H,3,8-11,17H2,1-2H3. The minimum atomic E-state index is -0.0173. The molecule has 1 aliphatic rings. The smallest absolute Gasteiger partial charge is 0.0856 e. The van der Waals surface area contributed by atoms with Gasteiger partial charge >= 0.3 is 0 Å². The molecule has 2 aromatic rings. The van der Waals surface area contributed by atoms with E-state index < -0.39 is 0 Å². The molecular formula is C16H24N4O. The summed E-state index contributed by atoms with van der Waals surface area (Å²) in [6.07, 6.45) is 0.848. The van der Waals surface area contributed by atoms with Gasteiger partial charge in [-0.25, -0.2) is 0 Å². The van der Waals surface area contributed by atoms with Crippen molar-refractivity contribution in [2.24, 2.45) is 5.73 Å². The summed E-state index contributed by atoms with van der Waals surface area (Å²) < 4.78 is 7.87. The van der Waals surface area contributed by atoms with Gasteiger partial charge in [-0.05, 0) is 20.0 Å². The van der Waals surface area contributed by atoms with Gasteiger partial charge in [0, 0.05) is 37.5 Å². The van der Waals surface area contributed by atoms with Crippen molar-refractivity contribution < 1.29 is 4.74 Å². The highest BCUT2D eigenvalue weighted by Crippen LogP contribution is 2.20. The number of aryl methyl sites for hydroxylation is 1. The monoisotopic (exact) mass is 288 g/mol. The number of aromatic nitrogens is 2. The van der Waals surface area contributed by atoms with Gasteiger partial charge in [0.25, 0.3) is 0 Å². The van der Waals surface area contributed by atoms with Gasteiger partial charge in [0.2, 0.25) is 0 Å². The average molecular weight is 288 g/mol. The molecule has 0 bridgehead atoms. The molecule has 1 fully saturated rings. The van der Waals surface area contributed by atoms with E-state index in [1.165, 1.54) is 10.9 Å². The lowest BCUT2D eigenvalue weighted by atomic mass is 10.0. The normalized spacial score (nSPS) is 21.8. The number of hydrogen-bond acceptors (Lipinski definition) is 4. The molecular weight excluding hydrogens is 264 g/mol. The Labute approximate surface area is 125 Å². The number of nitrogens with two attached hydrogens (primary N) is 1. The Balaban J connectivity index is 1.81. The van der Waals surface area contributed by atoms with E-state index in [4.69, 9.17) is 15.6 Å². The number of likely N-dealkylation sites (N-methyl/N-ethyl adjacent to an activating group) is 1. The van der Waals surface area contributed by atoms with Crippen molar-refractivity contribution in [3.8, 4) is 0 Å². The van der Waals surface area contributed by atoms with Gasteiger partial charge in [-0.1, -0.05) is 18.2 Å². The van der Waals surface area contributed by atoms with E-state index in [-0.39, 0.29) is 12.1 Å². The van der Waals surface area contributed by atoms with E-state index in [0.29, 0.717) is 0 Å². The zero-order valence-corrected chi connectivity index (χ0v) is 12.8. The molecule has 2 heterocycles. The maximum Gasteiger partial charge on any atom is 0.0856 e. The highest BCUT2D eigenvalue weighted by molar-refractivity contribution is 5.82. The molecule has 1 aliphatic heterocycles. The summed E-state index contributed by atoms with van der Waals surface area (Å²) in [5, 5.41) is 5.94. The number of benzene rings is 1. The summed E-state index contributed by atoms with van der Waals surface area (Å²) in [7, 11) is 2.11. The third-order valence-electron chi connectivity index (χ3n) is 4.24. The number of para-hydroxylation sites is 1. The maximum absolute atomic E-state index is 6.38. The first-order valence-electron chi connectivity index (χ1n) is 7.69. The Hall–Kier alpha value is -1.43. The largest absolute Gasteiger partial charge is 0.374 e. The lowest BCUT2D eigenvalue weighted by Crippen LogP contribution is -2.50. The Kier molecular flexibility index (Phi) is 4.24. The number of hydrogen-bond donors (Lipinski definition) is 1. The second kappa shape index (κ2) is 6.13. The minimum absolute atomic E-state index is 0.0173. The molecule has 21 heavy (non-hydrogen) atoms. The van der Waals surface area contributed by atoms with Crippen LogP contribution >= 0.6 is 0 Å². The second-order valence-electron chi connectivity index (χ2n) is 5.82. The van der Waals surface area contributed by atoms with Crippen molar-refractivity contribution in [2.75, 3.05) is 26.7 Å². The summed E-state index contributed by atoms with van der Waals surface area (Å²) in [5.41, 5.74) is 8.65. The van der Waals surface area contributed by atoms with Gasteiger partial charge in [-0.3, -0.25) is 4.68 Å². The fourth-order valence-corrected chi connectivity index (χ4v) is 3.01. The van der Waals surface area contributed by atoms with Crippen LogP contribution in [0.3, 0.4) is 0 Å². The summed E-state index contributed by atoms with van der Waals surface area (Å²) in [6.45, 7) is 5.63. The Morgan fingerprint density at radius 1 is 1.43 bits per heavy atom. The molecule has 3 rings (SSSR count). The molecule has 1 saturated heterocycles. The van der Waals surface area contributed by atoms with Crippen LogP contribution in [0.4, 0.5) is 0 Å². The molecule has 1 aromatic carbocycles. The van der Waals surface area contributed by atoms with Crippen molar-refractivity contribution in [2.45, 2.75) is 32.0 Å². The van der Waals surface area contributed by atoms with Crippen LogP contribution in [0.25, 0.3) is 10.9 Å². The number of rotatable bonds is 4. The molecule has 5 heteroatoms. The van der Waals surface area contributed by atoms with Crippen molar-refractivity contribution >= 4 is 10.9 Å². The van der Waals surface area contributed by atoms with E-state index in [0.717, 1.165) is 38.4 Å². The zero-order chi connectivity index (χ0) is 14.8. The molecule has 114 valence electrons. The first-order valence-corrected chi connectivity index (χ1v) is 7.69. The average Bonchev–Trinajstić information content (AvgIpc) is 2.85. The predicted octanol–water partition coefficient (Wildman–Crippen LogP) is 1.26. The SMILES string of the molecule is CCn1nc(CC(N)C2CN(C)CCO2)c2ccccc21. The first kappa shape index (κ1) is 14.5. The van der Waals surface area contributed by atoms with Crippen molar-refractivity contribution in [3.05, 3.63) is 30.0 Å². The topological polar surface area (TPSA) is 56.3 Å². The van der Waals surface area contributed by atoms with Gasteiger partial charge in [0.1, 0.15) is 0 Å². The summed E-state index contributed by atoms with van der Waals surface area (Å²) in [5.74, 6) is 0. The number of nitrogens with zero attached hydrogens (tertiary/aromatic N) is 3. The lowest BCUT2D eigenvalue weighted by Gasteiger charge is -2.33. The number of ether oxygens (including phenoxy) is 1. The van der Waals surface area contributed by atoms with Crippen LogP contribution < -0.4 is 5.73 Å². The van der Waals surface area contributed by atoms with Crippen LogP contribution in [0.15, 0.2) is 24.3 Å². The van der Waals surface area contributed by atoms with Crippen LogP contribution in [0.5, 0.6) is 0 Å². The van der Waals surface area contributed by atoms with Crippen LogP contribution in [-0.2, 0) is 17.7 Å². The van der Waals surface area contributed by atoms with Crippen molar-refractivity contribution in [3.63, 3.8) is 0 Å². The van der Waals surface area contributed by atoms with E-state index in [2.05, 4.69) is 43.1 Å². The molecule has 2 unspecified atom stereocenters. The van der Waals surface area contributed by atoms with Crippen molar-refractivity contribution in [1.29, 1.82) is 0 Å². The summed E-state index contributed by atoms with van der Waals surface area (Å²) >= 11 is 0. The molecule has 0 saturated carbocycles. The lowest BCUT2D eigenvalue weighted by molar-refractivity contribution is -0.0320. The van der Waals surface area contributed by atoms with Crippen LogP contribution in [-0.4, -0.2) is 53.6 Å². The van der Waals surface area contributed by atoms with Gasteiger partial charge in [-0.2, -0.15) is 5.10 Å². The van der Waals surface area contributed by atoms with E-state index in [1.54, 1.807) is 0 Å². The highest BCUT2D eigenvalue weighted by Gasteiger charge is 2.25. The third kappa shape index (κ3) is 2.95. The van der Waals surface area contributed by atoms with Gasteiger partial charge in [0.05, 0.1) is 23.9 Å². The Bertz CT molecular complexity index is 609. The van der Waals surface area contributed by atoms with E-state index >= 15 is 0 Å². The van der Waals surface area contributed by atoms with E-state index in [9.17, 15) is 0 Å². The third-order valence-corrected chi connectivity index (χ3v) is 4.24. The van der Waals surface area contributed by atoms with Crippen LogP contribution in [0.2, 0.25) is 0 Å². The molecule has 0 spiro atoms. The van der Waals surface area contributed by atoms with Gasteiger partial charge < -0.3 is 15.4 Å². The van der Waals surface area contributed by atoms with Crippen molar-refractivity contribution in [1.82, 2.24) is 14.7 Å². The Morgan fingerprint density at radius 2 is 2.24 bits per heavy atom.